The van der Waals surface area contributed by atoms with Crippen LogP contribution in [0.3, 0.4) is 0 Å². The SMILES string of the molecule is COc1c(Br)cc(Br)cc1CNc1cc(Cl)ccc1C. The van der Waals surface area contributed by atoms with Gasteiger partial charge in [0.1, 0.15) is 5.75 Å². The van der Waals surface area contributed by atoms with Gasteiger partial charge < -0.3 is 10.1 Å². The van der Waals surface area contributed by atoms with E-state index in [9.17, 15) is 0 Å². The molecule has 2 rings (SSSR count). The lowest BCUT2D eigenvalue weighted by Crippen LogP contribution is -2.03. The number of rotatable bonds is 4. The highest BCUT2D eigenvalue weighted by molar-refractivity contribution is 9.11. The maximum Gasteiger partial charge on any atom is 0.138 e. The van der Waals surface area contributed by atoms with Crippen LogP contribution in [0.1, 0.15) is 11.1 Å². The minimum absolute atomic E-state index is 0.655. The molecular weight excluding hydrogens is 405 g/mol. The van der Waals surface area contributed by atoms with Crippen molar-refractivity contribution in [2.75, 3.05) is 12.4 Å². The van der Waals surface area contributed by atoms with Gasteiger partial charge in [0, 0.05) is 27.3 Å². The van der Waals surface area contributed by atoms with E-state index in [2.05, 4.69) is 37.2 Å². The minimum Gasteiger partial charge on any atom is -0.495 e. The summed E-state index contributed by atoms with van der Waals surface area (Å²) in [6.45, 7) is 2.70. The van der Waals surface area contributed by atoms with E-state index in [0.717, 1.165) is 36.5 Å². The smallest absolute Gasteiger partial charge is 0.138 e. The molecule has 0 radical (unpaired) electrons. The van der Waals surface area contributed by atoms with Crippen molar-refractivity contribution < 1.29 is 4.74 Å². The van der Waals surface area contributed by atoms with E-state index in [0.29, 0.717) is 6.54 Å². The summed E-state index contributed by atoms with van der Waals surface area (Å²) in [4.78, 5) is 0. The van der Waals surface area contributed by atoms with Crippen LogP contribution in [0.25, 0.3) is 0 Å². The Kier molecular flexibility index (Phi) is 5.35. The molecule has 0 heterocycles. The Balaban J connectivity index is 2.24. The molecule has 2 aromatic rings. The Bertz CT molecular complexity index is 632. The summed E-state index contributed by atoms with van der Waals surface area (Å²) in [5.74, 6) is 0.834. The first-order valence-electron chi connectivity index (χ1n) is 6.03. The average molecular weight is 420 g/mol. The third-order valence-electron chi connectivity index (χ3n) is 2.96. The van der Waals surface area contributed by atoms with Crippen LogP contribution in [0.4, 0.5) is 5.69 Å². The van der Waals surface area contributed by atoms with Gasteiger partial charge in [-0.25, -0.2) is 0 Å². The molecule has 5 heteroatoms. The number of hydrogen-bond acceptors (Lipinski definition) is 2. The Morgan fingerprint density at radius 2 is 1.95 bits per heavy atom. The van der Waals surface area contributed by atoms with Gasteiger partial charge >= 0.3 is 0 Å². The Labute approximate surface area is 140 Å². The van der Waals surface area contributed by atoms with Gasteiger partial charge in [-0.2, -0.15) is 0 Å². The molecule has 106 valence electrons. The Morgan fingerprint density at radius 3 is 2.65 bits per heavy atom. The maximum absolute atomic E-state index is 6.03. The second-order valence-corrected chi connectivity index (χ2v) is 6.60. The summed E-state index contributed by atoms with van der Waals surface area (Å²) in [6.07, 6.45) is 0. The van der Waals surface area contributed by atoms with E-state index in [1.807, 2.05) is 37.3 Å². The number of halogens is 3. The molecule has 0 amide bonds. The zero-order valence-electron chi connectivity index (χ0n) is 11.1. The fourth-order valence-electron chi connectivity index (χ4n) is 1.95. The number of hydrogen-bond donors (Lipinski definition) is 1. The van der Waals surface area contributed by atoms with E-state index in [1.165, 1.54) is 0 Å². The topological polar surface area (TPSA) is 21.3 Å². The average Bonchev–Trinajstić information content (AvgIpc) is 2.39. The van der Waals surface area contributed by atoms with Gasteiger partial charge in [-0.1, -0.05) is 33.6 Å². The van der Waals surface area contributed by atoms with Crippen molar-refractivity contribution >= 4 is 49.1 Å². The quantitative estimate of drug-likeness (QED) is 0.677. The largest absolute Gasteiger partial charge is 0.495 e. The third kappa shape index (κ3) is 3.68. The van der Waals surface area contributed by atoms with Crippen molar-refractivity contribution in [2.24, 2.45) is 0 Å². The molecule has 0 fully saturated rings. The predicted octanol–water partition coefficient (Wildman–Crippen LogP) is 5.79. The molecule has 0 unspecified atom stereocenters. The summed E-state index contributed by atoms with van der Waals surface area (Å²) >= 11 is 13.0. The second kappa shape index (κ2) is 6.83. The maximum atomic E-state index is 6.03. The molecule has 1 N–H and O–H groups in total. The van der Waals surface area contributed by atoms with Crippen LogP contribution in [-0.2, 0) is 6.54 Å². The highest BCUT2D eigenvalue weighted by Gasteiger charge is 2.09. The van der Waals surface area contributed by atoms with E-state index < -0.39 is 0 Å². The molecule has 0 atom stereocenters. The molecule has 0 saturated heterocycles. The first-order valence-corrected chi connectivity index (χ1v) is 7.99. The van der Waals surface area contributed by atoms with Crippen LogP contribution in [0.5, 0.6) is 5.75 Å². The molecule has 0 bridgehead atoms. The van der Waals surface area contributed by atoms with E-state index in [-0.39, 0.29) is 0 Å². The van der Waals surface area contributed by atoms with Gasteiger partial charge in [0.25, 0.3) is 0 Å². The van der Waals surface area contributed by atoms with Crippen LogP contribution in [-0.4, -0.2) is 7.11 Å². The number of nitrogens with one attached hydrogen (secondary N) is 1. The highest BCUT2D eigenvalue weighted by Crippen LogP contribution is 2.33. The van der Waals surface area contributed by atoms with Gasteiger partial charge in [0.15, 0.2) is 0 Å². The van der Waals surface area contributed by atoms with Crippen LogP contribution < -0.4 is 10.1 Å². The Hall–Kier alpha value is -0.710. The van der Waals surface area contributed by atoms with Crippen LogP contribution >= 0.6 is 43.5 Å². The normalized spacial score (nSPS) is 10.4. The molecule has 2 nitrogen and oxygen atoms in total. The molecule has 0 aliphatic carbocycles. The minimum atomic E-state index is 0.655. The van der Waals surface area contributed by atoms with Crippen molar-refractivity contribution in [3.05, 3.63) is 55.4 Å². The molecule has 0 aliphatic rings. The highest BCUT2D eigenvalue weighted by atomic mass is 79.9. The molecule has 0 aromatic heterocycles. The van der Waals surface area contributed by atoms with Crippen molar-refractivity contribution in [2.45, 2.75) is 13.5 Å². The predicted molar refractivity (Wildman–Crippen MR) is 91.9 cm³/mol. The standard InChI is InChI=1S/C15H14Br2ClNO/c1-9-3-4-12(18)7-14(9)19-8-10-5-11(16)6-13(17)15(10)20-2/h3-7,19H,8H2,1-2H3. The van der Waals surface area contributed by atoms with Crippen molar-refractivity contribution in [1.82, 2.24) is 0 Å². The van der Waals surface area contributed by atoms with Crippen LogP contribution in [0.2, 0.25) is 5.02 Å². The van der Waals surface area contributed by atoms with Crippen molar-refractivity contribution in [3.63, 3.8) is 0 Å². The van der Waals surface area contributed by atoms with Gasteiger partial charge in [-0.3, -0.25) is 0 Å². The lowest BCUT2D eigenvalue weighted by atomic mass is 10.1. The zero-order chi connectivity index (χ0) is 14.7. The van der Waals surface area contributed by atoms with Crippen LogP contribution in [0.15, 0.2) is 39.3 Å². The zero-order valence-corrected chi connectivity index (χ0v) is 15.1. The van der Waals surface area contributed by atoms with Gasteiger partial charge in [0.05, 0.1) is 11.6 Å². The summed E-state index contributed by atoms with van der Waals surface area (Å²) in [5.41, 5.74) is 3.24. The van der Waals surface area contributed by atoms with E-state index >= 15 is 0 Å². The summed E-state index contributed by atoms with van der Waals surface area (Å²) in [5, 5.41) is 4.12. The van der Waals surface area contributed by atoms with Crippen molar-refractivity contribution in [1.29, 1.82) is 0 Å². The number of aryl methyl sites for hydroxylation is 1. The first-order chi connectivity index (χ1) is 9.51. The fraction of sp³-hybridized carbons (Fsp3) is 0.200. The number of anilines is 1. The lowest BCUT2D eigenvalue weighted by molar-refractivity contribution is 0.407. The molecule has 0 aliphatic heterocycles. The lowest BCUT2D eigenvalue weighted by Gasteiger charge is -2.14. The molecule has 0 spiro atoms. The molecular formula is C15H14Br2ClNO. The third-order valence-corrected chi connectivity index (χ3v) is 4.24. The second-order valence-electron chi connectivity index (χ2n) is 4.39. The van der Waals surface area contributed by atoms with Crippen LogP contribution in [0, 0.1) is 6.92 Å². The number of ether oxygens (including phenoxy) is 1. The molecule has 2 aromatic carbocycles. The molecule has 0 saturated carbocycles. The molecule has 20 heavy (non-hydrogen) atoms. The van der Waals surface area contributed by atoms with Crippen molar-refractivity contribution in [3.8, 4) is 5.75 Å². The van der Waals surface area contributed by atoms with Gasteiger partial charge in [-0.05, 0) is 52.7 Å². The monoisotopic (exact) mass is 417 g/mol. The first kappa shape index (κ1) is 15.7. The number of methoxy groups -OCH3 is 1. The van der Waals surface area contributed by atoms with Gasteiger partial charge in [0.2, 0.25) is 0 Å². The van der Waals surface area contributed by atoms with E-state index in [1.54, 1.807) is 7.11 Å². The van der Waals surface area contributed by atoms with E-state index in [4.69, 9.17) is 16.3 Å². The fourth-order valence-corrected chi connectivity index (χ4v) is 3.60. The summed E-state index contributed by atoms with van der Waals surface area (Å²) in [6, 6.07) is 9.82. The summed E-state index contributed by atoms with van der Waals surface area (Å²) < 4.78 is 7.37. The van der Waals surface area contributed by atoms with Gasteiger partial charge in [-0.15, -0.1) is 0 Å². The number of benzene rings is 2. The Morgan fingerprint density at radius 1 is 1.20 bits per heavy atom. The summed E-state index contributed by atoms with van der Waals surface area (Å²) in [7, 11) is 1.67.